The number of esters is 1. The maximum atomic E-state index is 13.7. The van der Waals surface area contributed by atoms with E-state index >= 15 is 0 Å². The Balaban J connectivity index is 1.45. The van der Waals surface area contributed by atoms with Gasteiger partial charge in [-0.1, -0.05) is 36.4 Å². The molecule has 0 radical (unpaired) electrons. The van der Waals surface area contributed by atoms with Crippen molar-refractivity contribution in [2.75, 3.05) is 20.2 Å². The van der Waals surface area contributed by atoms with Crippen LogP contribution in [0.5, 0.6) is 5.75 Å². The molecule has 3 rings (SSSR count). The van der Waals surface area contributed by atoms with E-state index in [0.29, 0.717) is 24.6 Å². The quantitative estimate of drug-likeness (QED) is 0.491. The lowest BCUT2D eigenvalue weighted by Crippen LogP contribution is -2.44. The Morgan fingerprint density at radius 3 is 2.52 bits per heavy atom. The molecule has 31 heavy (non-hydrogen) atoms. The highest BCUT2D eigenvalue weighted by Gasteiger charge is 2.27. The highest BCUT2D eigenvalue weighted by atomic mass is 19.1. The number of amides is 1. The minimum absolute atomic E-state index is 0.131. The topological polar surface area (TPSA) is 55.8 Å². The van der Waals surface area contributed by atoms with Crippen LogP contribution in [-0.2, 0) is 20.7 Å². The summed E-state index contributed by atoms with van der Waals surface area (Å²) in [5.74, 6) is -0.660. The molecule has 2 aromatic rings. The van der Waals surface area contributed by atoms with E-state index in [1.807, 2.05) is 18.2 Å². The van der Waals surface area contributed by atoms with Crippen LogP contribution in [0, 0.1) is 11.7 Å². The zero-order valence-corrected chi connectivity index (χ0v) is 17.9. The highest BCUT2D eigenvalue weighted by molar-refractivity contribution is 5.90. The van der Waals surface area contributed by atoms with E-state index in [9.17, 15) is 14.0 Å². The summed E-state index contributed by atoms with van der Waals surface area (Å²) in [6, 6.07) is 14.7. The van der Waals surface area contributed by atoms with E-state index < -0.39 is 17.9 Å². The Labute approximate surface area is 182 Å². The smallest absolute Gasteiger partial charge is 0.331 e. The SMILES string of the molecule is COc1ccc(/C=C/C(=O)O[C@@H](C)C(=O)N2CCC(Cc3ccccc3)CC2)cc1F. The van der Waals surface area contributed by atoms with Gasteiger partial charge in [-0.3, -0.25) is 4.79 Å². The van der Waals surface area contributed by atoms with Crippen LogP contribution in [0.25, 0.3) is 6.08 Å². The average molecular weight is 426 g/mol. The molecule has 0 spiro atoms. The lowest BCUT2D eigenvalue weighted by molar-refractivity contribution is -0.156. The number of carbonyl (C=O) groups excluding carboxylic acids is 2. The van der Waals surface area contributed by atoms with Gasteiger partial charge in [0, 0.05) is 19.2 Å². The number of hydrogen-bond donors (Lipinski definition) is 0. The third-order valence-corrected chi connectivity index (χ3v) is 5.52. The zero-order valence-electron chi connectivity index (χ0n) is 17.9. The Morgan fingerprint density at radius 2 is 1.87 bits per heavy atom. The molecule has 0 aromatic heterocycles. The predicted molar refractivity (Wildman–Crippen MR) is 117 cm³/mol. The van der Waals surface area contributed by atoms with Crippen molar-refractivity contribution in [1.82, 2.24) is 4.90 Å². The number of rotatable bonds is 7. The first-order valence-corrected chi connectivity index (χ1v) is 10.5. The summed E-state index contributed by atoms with van der Waals surface area (Å²) in [5, 5.41) is 0. The van der Waals surface area contributed by atoms with Crippen molar-refractivity contribution in [2.45, 2.75) is 32.3 Å². The fourth-order valence-electron chi connectivity index (χ4n) is 3.78. The molecular weight excluding hydrogens is 397 g/mol. The Kier molecular flexibility index (Phi) is 7.82. The van der Waals surface area contributed by atoms with Gasteiger partial charge in [0.25, 0.3) is 5.91 Å². The minimum atomic E-state index is -0.865. The predicted octanol–water partition coefficient (Wildman–Crippen LogP) is 4.26. The van der Waals surface area contributed by atoms with Gasteiger partial charge in [0.1, 0.15) is 0 Å². The third kappa shape index (κ3) is 6.41. The first-order chi connectivity index (χ1) is 15.0. The molecule has 1 aliphatic heterocycles. The van der Waals surface area contributed by atoms with Crippen molar-refractivity contribution in [2.24, 2.45) is 5.92 Å². The van der Waals surface area contributed by atoms with Crippen LogP contribution in [0.2, 0.25) is 0 Å². The van der Waals surface area contributed by atoms with Crippen molar-refractivity contribution in [3.63, 3.8) is 0 Å². The lowest BCUT2D eigenvalue weighted by atomic mass is 9.90. The molecular formula is C25H28FNO4. The monoisotopic (exact) mass is 425 g/mol. The molecule has 0 unspecified atom stereocenters. The maximum Gasteiger partial charge on any atom is 0.331 e. The van der Waals surface area contributed by atoms with Gasteiger partial charge in [-0.15, -0.1) is 0 Å². The molecule has 0 saturated carbocycles. The van der Waals surface area contributed by atoms with E-state index in [1.54, 1.807) is 17.9 Å². The van der Waals surface area contributed by atoms with E-state index in [-0.39, 0.29) is 11.7 Å². The van der Waals surface area contributed by atoms with Crippen LogP contribution in [0.15, 0.2) is 54.6 Å². The van der Waals surface area contributed by atoms with Crippen LogP contribution in [-0.4, -0.2) is 43.1 Å². The molecule has 1 fully saturated rings. The number of halogens is 1. The fraction of sp³-hybridized carbons (Fsp3) is 0.360. The molecule has 1 heterocycles. The van der Waals surface area contributed by atoms with Gasteiger partial charge in [-0.05, 0) is 61.4 Å². The maximum absolute atomic E-state index is 13.7. The number of ether oxygens (including phenoxy) is 2. The van der Waals surface area contributed by atoms with Gasteiger partial charge in [0.15, 0.2) is 17.7 Å². The second kappa shape index (κ2) is 10.8. The molecule has 2 aromatic carbocycles. The van der Waals surface area contributed by atoms with Crippen molar-refractivity contribution in [1.29, 1.82) is 0 Å². The van der Waals surface area contributed by atoms with E-state index in [1.165, 1.54) is 37.0 Å². The average Bonchev–Trinajstić information content (AvgIpc) is 2.78. The largest absolute Gasteiger partial charge is 0.494 e. The van der Waals surface area contributed by atoms with Crippen LogP contribution < -0.4 is 4.74 Å². The number of hydrogen-bond acceptors (Lipinski definition) is 4. The molecule has 164 valence electrons. The van der Waals surface area contributed by atoms with E-state index in [4.69, 9.17) is 9.47 Å². The lowest BCUT2D eigenvalue weighted by Gasteiger charge is -2.33. The Morgan fingerprint density at radius 1 is 1.16 bits per heavy atom. The van der Waals surface area contributed by atoms with E-state index in [0.717, 1.165) is 19.3 Å². The number of likely N-dealkylation sites (tertiary alicyclic amines) is 1. The Hall–Kier alpha value is -3.15. The molecule has 1 atom stereocenters. The van der Waals surface area contributed by atoms with Gasteiger partial charge >= 0.3 is 5.97 Å². The zero-order chi connectivity index (χ0) is 22.2. The van der Waals surface area contributed by atoms with E-state index in [2.05, 4.69) is 12.1 Å². The normalized spacial score (nSPS) is 15.6. The fourth-order valence-corrected chi connectivity index (χ4v) is 3.78. The molecule has 0 aliphatic carbocycles. The molecule has 0 bridgehead atoms. The van der Waals surface area contributed by atoms with Gasteiger partial charge in [-0.2, -0.15) is 0 Å². The summed E-state index contributed by atoms with van der Waals surface area (Å²) < 4.78 is 23.8. The van der Waals surface area contributed by atoms with Gasteiger partial charge in [0.2, 0.25) is 0 Å². The van der Waals surface area contributed by atoms with Gasteiger partial charge < -0.3 is 14.4 Å². The summed E-state index contributed by atoms with van der Waals surface area (Å²) in [7, 11) is 1.38. The third-order valence-electron chi connectivity index (χ3n) is 5.52. The number of nitrogens with zero attached hydrogens (tertiary/aromatic N) is 1. The molecule has 1 saturated heterocycles. The second-order valence-corrected chi connectivity index (χ2v) is 7.76. The summed E-state index contributed by atoms with van der Waals surface area (Å²) in [6.45, 7) is 2.91. The Bertz CT molecular complexity index is 920. The van der Waals surface area contributed by atoms with Crippen LogP contribution in [0.3, 0.4) is 0 Å². The molecule has 5 nitrogen and oxygen atoms in total. The molecule has 1 aliphatic rings. The van der Waals surface area contributed by atoms with Gasteiger partial charge in [0.05, 0.1) is 7.11 Å². The summed E-state index contributed by atoms with van der Waals surface area (Å²) >= 11 is 0. The number of piperidine rings is 1. The minimum Gasteiger partial charge on any atom is -0.494 e. The van der Waals surface area contributed by atoms with Crippen LogP contribution >= 0.6 is 0 Å². The summed E-state index contributed by atoms with van der Waals surface area (Å²) in [6.07, 6.45) is 4.66. The van der Waals surface area contributed by atoms with Crippen molar-refractivity contribution in [3.8, 4) is 5.75 Å². The first kappa shape index (κ1) is 22.5. The second-order valence-electron chi connectivity index (χ2n) is 7.76. The standard InChI is InChI=1S/C25H28FNO4/c1-18(31-24(28)11-9-20-8-10-23(30-2)22(26)17-20)25(29)27-14-12-21(13-15-27)16-19-6-4-3-5-7-19/h3-11,17-18,21H,12-16H2,1-2H3/b11-9+/t18-/m0/s1. The molecule has 0 N–H and O–H groups in total. The summed E-state index contributed by atoms with van der Waals surface area (Å²) in [4.78, 5) is 26.5. The van der Waals surface area contributed by atoms with Crippen LogP contribution in [0.1, 0.15) is 30.9 Å². The van der Waals surface area contributed by atoms with Gasteiger partial charge in [-0.25, -0.2) is 9.18 Å². The molecule has 6 heteroatoms. The number of benzene rings is 2. The van der Waals surface area contributed by atoms with Crippen LogP contribution in [0.4, 0.5) is 4.39 Å². The molecule has 1 amide bonds. The van der Waals surface area contributed by atoms with Crippen molar-refractivity contribution < 1.29 is 23.5 Å². The van der Waals surface area contributed by atoms with Crippen molar-refractivity contribution in [3.05, 3.63) is 71.6 Å². The highest BCUT2D eigenvalue weighted by Crippen LogP contribution is 2.22. The summed E-state index contributed by atoms with van der Waals surface area (Å²) in [5.41, 5.74) is 1.81. The number of carbonyl (C=O) groups is 2. The van der Waals surface area contributed by atoms with Crippen molar-refractivity contribution >= 4 is 18.0 Å². The first-order valence-electron chi connectivity index (χ1n) is 10.5. The number of methoxy groups -OCH3 is 1.